The average Bonchev–Trinajstić information content (AvgIpc) is 2.45. The van der Waals surface area contributed by atoms with Gasteiger partial charge in [0.2, 0.25) is 0 Å². The summed E-state index contributed by atoms with van der Waals surface area (Å²) in [5, 5.41) is 0. The largest absolute Gasteiger partial charge is 0.487 e. The van der Waals surface area contributed by atoms with Gasteiger partial charge in [-0.3, -0.25) is 4.79 Å². The summed E-state index contributed by atoms with van der Waals surface area (Å²) in [6.45, 7) is 7.94. The molecule has 0 bridgehead atoms. The lowest BCUT2D eigenvalue weighted by Gasteiger charge is -2.30. The SMILES string of the molecule is CC(C)N(C(=O)c1ccc(OC/C(F)=C\CN)cc1)C(C)C. The minimum atomic E-state index is -0.409. The molecule has 0 saturated carbocycles. The van der Waals surface area contributed by atoms with Gasteiger partial charge in [-0.2, -0.15) is 0 Å². The van der Waals surface area contributed by atoms with Crippen molar-refractivity contribution in [3.63, 3.8) is 0 Å². The van der Waals surface area contributed by atoms with E-state index in [-0.39, 0.29) is 31.1 Å². The van der Waals surface area contributed by atoms with Crippen molar-refractivity contribution in [2.75, 3.05) is 13.2 Å². The van der Waals surface area contributed by atoms with Gasteiger partial charge in [0.15, 0.2) is 0 Å². The summed E-state index contributed by atoms with van der Waals surface area (Å²) in [7, 11) is 0. The number of ether oxygens (including phenoxy) is 1. The number of nitrogens with zero attached hydrogens (tertiary/aromatic N) is 1. The molecular formula is C17H25FN2O2. The molecule has 1 aromatic rings. The first kappa shape index (κ1) is 18.2. The van der Waals surface area contributed by atoms with Crippen LogP contribution < -0.4 is 10.5 Å². The Balaban J connectivity index is 2.75. The van der Waals surface area contributed by atoms with Crippen LogP contribution in [0.3, 0.4) is 0 Å². The maximum atomic E-state index is 13.2. The highest BCUT2D eigenvalue weighted by molar-refractivity contribution is 5.94. The Morgan fingerprint density at radius 2 is 1.77 bits per heavy atom. The van der Waals surface area contributed by atoms with E-state index in [2.05, 4.69) is 0 Å². The zero-order valence-corrected chi connectivity index (χ0v) is 13.7. The van der Waals surface area contributed by atoms with Gasteiger partial charge in [0.05, 0.1) is 0 Å². The first-order chi connectivity index (χ1) is 10.4. The van der Waals surface area contributed by atoms with Gasteiger partial charge >= 0.3 is 0 Å². The fraction of sp³-hybridized carbons (Fsp3) is 0.471. The molecule has 0 fully saturated rings. The first-order valence-electron chi connectivity index (χ1n) is 7.47. The number of hydrogen-bond donors (Lipinski definition) is 1. The van der Waals surface area contributed by atoms with Gasteiger partial charge in [-0.05, 0) is 58.0 Å². The van der Waals surface area contributed by atoms with Crippen LogP contribution in [0, 0.1) is 0 Å². The number of halogens is 1. The molecule has 4 nitrogen and oxygen atoms in total. The van der Waals surface area contributed by atoms with Crippen molar-refractivity contribution in [2.24, 2.45) is 5.73 Å². The van der Waals surface area contributed by atoms with Gasteiger partial charge in [0.1, 0.15) is 18.2 Å². The van der Waals surface area contributed by atoms with Crippen LogP contribution >= 0.6 is 0 Å². The third-order valence-corrected chi connectivity index (χ3v) is 3.16. The zero-order valence-electron chi connectivity index (χ0n) is 13.7. The second-order valence-corrected chi connectivity index (χ2v) is 5.60. The lowest BCUT2D eigenvalue weighted by molar-refractivity contribution is 0.0643. The van der Waals surface area contributed by atoms with Crippen LogP contribution in [-0.2, 0) is 0 Å². The molecule has 1 aromatic carbocycles. The maximum absolute atomic E-state index is 13.2. The number of rotatable bonds is 7. The fourth-order valence-electron chi connectivity index (χ4n) is 2.25. The number of carbonyl (C=O) groups excluding carboxylic acids is 1. The number of hydrogen-bond acceptors (Lipinski definition) is 3. The number of carbonyl (C=O) groups is 1. The number of benzene rings is 1. The molecule has 0 aromatic heterocycles. The van der Waals surface area contributed by atoms with Crippen molar-refractivity contribution in [3.8, 4) is 5.75 Å². The average molecular weight is 308 g/mol. The van der Waals surface area contributed by atoms with Crippen LogP contribution in [0.5, 0.6) is 5.75 Å². The quantitative estimate of drug-likeness (QED) is 0.842. The molecule has 122 valence electrons. The highest BCUT2D eigenvalue weighted by Gasteiger charge is 2.21. The highest BCUT2D eigenvalue weighted by Crippen LogP contribution is 2.17. The fourth-order valence-corrected chi connectivity index (χ4v) is 2.25. The van der Waals surface area contributed by atoms with E-state index in [1.165, 1.54) is 6.08 Å². The van der Waals surface area contributed by atoms with Crippen LogP contribution in [0.4, 0.5) is 4.39 Å². The zero-order chi connectivity index (χ0) is 16.7. The minimum absolute atomic E-state index is 0.0224. The van der Waals surface area contributed by atoms with Gasteiger partial charge < -0.3 is 15.4 Å². The molecule has 0 aliphatic heterocycles. The Morgan fingerprint density at radius 1 is 1.23 bits per heavy atom. The molecule has 0 aliphatic carbocycles. The lowest BCUT2D eigenvalue weighted by atomic mass is 10.1. The number of amides is 1. The molecule has 2 N–H and O–H groups in total. The van der Waals surface area contributed by atoms with Crippen molar-refractivity contribution in [2.45, 2.75) is 39.8 Å². The minimum Gasteiger partial charge on any atom is -0.487 e. The van der Waals surface area contributed by atoms with Crippen LogP contribution in [-0.4, -0.2) is 36.0 Å². The van der Waals surface area contributed by atoms with E-state index in [4.69, 9.17) is 10.5 Å². The molecule has 0 unspecified atom stereocenters. The molecule has 0 atom stereocenters. The van der Waals surface area contributed by atoms with Gasteiger partial charge in [-0.25, -0.2) is 4.39 Å². The van der Waals surface area contributed by atoms with Gasteiger partial charge in [-0.1, -0.05) is 0 Å². The van der Waals surface area contributed by atoms with Gasteiger partial charge in [0, 0.05) is 24.2 Å². The van der Waals surface area contributed by atoms with Crippen molar-refractivity contribution in [3.05, 3.63) is 41.7 Å². The number of nitrogens with two attached hydrogens (primary N) is 1. The van der Waals surface area contributed by atoms with Crippen LogP contribution in [0.2, 0.25) is 0 Å². The molecule has 1 amide bonds. The van der Waals surface area contributed by atoms with E-state index >= 15 is 0 Å². The third kappa shape index (κ3) is 5.15. The second kappa shape index (κ2) is 8.54. The summed E-state index contributed by atoms with van der Waals surface area (Å²) < 4.78 is 18.5. The summed E-state index contributed by atoms with van der Waals surface area (Å²) >= 11 is 0. The molecule has 0 radical (unpaired) electrons. The van der Waals surface area contributed by atoms with Crippen molar-refractivity contribution < 1.29 is 13.9 Å². The summed E-state index contributed by atoms with van der Waals surface area (Å²) in [6.07, 6.45) is 1.26. The Labute approximate surface area is 131 Å². The Kier molecular flexibility index (Phi) is 7.05. The van der Waals surface area contributed by atoms with E-state index in [0.717, 1.165) is 0 Å². The van der Waals surface area contributed by atoms with E-state index in [1.54, 1.807) is 24.3 Å². The normalized spacial score (nSPS) is 11.9. The molecule has 1 rings (SSSR count). The van der Waals surface area contributed by atoms with Crippen molar-refractivity contribution in [1.82, 2.24) is 4.90 Å². The van der Waals surface area contributed by atoms with Crippen LogP contribution in [0.1, 0.15) is 38.1 Å². The summed E-state index contributed by atoms with van der Waals surface area (Å²) in [5.41, 5.74) is 5.80. The smallest absolute Gasteiger partial charge is 0.254 e. The third-order valence-electron chi connectivity index (χ3n) is 3.16. The summed E-state index contributed by atoms with van der Waals surface area (Å²) in [5.74, 6) is 0.0805. The van der Waals surface area contributed by atoms with Crippen molar-refractivity contribution in [1.29, 1.82) is 0 Å². The van der Waals surface area contributed by atoms with Gasteiger partial charge in [-0.15, -0.1) is 0 Å². The lowest BCUT2D eigenvalue weighted by Crippen LogP contribution is -2.42. The maximum Gasteiger partial charge on any atom is 0.254 e. The van der Waals surface area contributed by atoms with E-state index in [0.29, 0.717) is 11.3 Å². The molecule has 0 aliphatic rings. The molecule has 5 heteroatoms. The predicted molar refractivity (Wildman–Crippen MR) is 86.6 cm³/mol. The van der Waals surface area contributed by atoms with E-state index in [9.17, 15) is 9.18 Å². The van der Waals surface area contributed by atoms with E-state index in [1.807, 2.05) is 32.6 Å². The van der Waals surface area contributed by atoms with Crippen LogP contribution in [0.15, 0.2) is 36.2 Å². The van der Waals surface area contributed by atoms with E-state index < -0.39 is 5.83 Å². The second-order valence-electron chi connectivity index (χ2n) is 5.60. The first-order valence-corrected chi connectivity index (χ1v) is 7.47. The summed E-state index contributed by atoms with van der Waals surface area (Å²) in [6, 6.07) is 6.97. The van der Waals surface area contributed by atoms with Crippen molar-refractivity contribution >= 4 is 5.91 Å². The molecule has 0 saturated heterocycles. The topological polar surface area (TPSA) is 55.6 Å². The highest BCUT2D eigenvalue weighted by atomic mass is 19.1. The Hall–Kier alpha value is -1.88. The molecule has 0 heterocycles. The molecule has 22 heavy (non-hydrogen) atoms. The Morgan fingerprint density at radius 3 is 2.23 bits per heavy atom. The van der Waals surface area contributed by atoms with Crippen LogP contribution in [0.25, 0.3) is 0 Å². The predicted octanol–water partition coefficient (Wildman–Crippen LogP) is 3.14. The molecule has 0 spiro atoms. The monoisotopic (exact) mass is 308 g/mol. The van der Waals surface area contributed by atoms with Gasteiger partial charge in [0.25, 0.3) is 5.91 Å². The standard InChI is InChI=1S/C17H25FN2O2/c1-12(2)20(13(3)4)17(21)14-5-7-16(8-6-14)22-11-15(18)9-10-19/h5-9,12-13H,10-11,19H2,1-4H3/b15-9+. The molecular weight excluding hydrogens is 283 g/mol. The summed E-state index contributed by atoms with van der Waals surface area (Å²) in [4.78, 5) is 14.3. The Bertz CT molecular complexity index is 502.